The molecule has 3 rings (SSSR count). The Morgan fingerprint density at radius 3 is 3.05 bits per heavy atom. The minimum absolute atomic E-state index is 0.454. The van der Waals surface area contributed by atoms with Crippen LogP contribution in [0.4, 0.5) is 5.82 Å². The maximum absolute atomic E-state index is 6.04. The highest BCUT2D eigenvalue weighted by molar-refractivity contribution is 5.86. The predicted molar refractivity (Wildman–Crippen MR) is 76.3 cm³/mol. The zero-order valence-corrected chi connectivity index (χ0v) is 11.1. The number of allylic oxidation sites excluding steroid dienone is 2. The molecular formula is C14H19N5. The van der Waals surface area contributed by atoms with E-state index in [0.29, 0.717) is 17.8 Å². The van der Waals surface area contributed by atoms with Gasteiger partial charge in [0.2, 0.25) is 0 Å². The molecule has 0 saturated heterocycles. The quantitative estimate of drug-likeness (QED) is 0.864. The van der Waals surface area contributed by atoms with Crippen LogP contribution in [0.2, 0.25) is 0 Å². The molecule has 1 aliphatic carbocycles. The van der Waals surface area contributed by atoms with Crippen molar-refractivity contribution >= 4 is 16.9 Å². The summed E-state index contributed by atoms with van der Waals surface area (Å²) in [6, 6.07) is 2.45. The first-order valence-electron chi connectivity index (χ1n) is 6.69. The van der Waals surface area contributed by atoms with E-state index in [9.17, 15) is 0 Å². The SMILES string of the molecule is C/C=C(\N)C1CCC(n2ccc3c(N)ncnc32)C1. The second-order valence-corrected chi connectivity index (χ2v) is 5.17. The van der Waals surface area contributed by atoms with Crippen molar-refractivity contribution in [2.45, 2.75) is 32.2 Å². The lowest BCUT2D eigenvalue weighted by Gasteiger charge is -2.14. The summed E-state index contributed by atoms with van der Waals surface area (Å²) < 4.78 is 2.22. The van der Waals surface area contributed by atoms with Crippen molar-refractivity contribution in [3.05, 3.63) is 30.4 Å². The third-order valence-electron chi connectivity index (χ3n) is 4.14. The van der Waals surface area contributed by atoms with Gasteiger partial charge in [-0.1, -0.05) is 6.08 Å². The Morgan fingerprint density at radius 1 is 1.42 bits per heavy atom. The van der Waals surface area contributed by atoms with Crippen molar-refractivity contribution in [3.63, 3.8) is 0 Å². The van der Waals surface area contributed by atoms with Crippen LogP contribution in [0, 0.1) is 5.92 Å². The molecule has 2 aromatic heterocycles. The fourth-order valence-corrected chi connectivity index (χ4v) is 3.03. The Balaban J connectivity index is 1.92. The minimum Gasteiger partial charge on any atom is -0.402 e. The van der Waals surface area contributed by atoms with E-state index in [1.54, 1.807) is 0 Å². The first-order valence-corrected chi connectivity index (χ1v) is 6.69. The molecule has 2 atom stereocenters. The van der Waals surface area contributed by atoms with E-state index >= 15 is 0 Å². The summed E-state index contributed by atoms with van der Waals surface area (Å²) in [7, 11) is 0. The molecule has 1 saturated carbocycles. The van der Waals surface area contributed by atoms with Gasteiger partial charge in [-0.2, -0.15) is 0 Å². The van der Waals surface area contributed by atoms with Crippen LogP contribution < -0.4 is 11.5 Å². The number of nitrogens with two attached hydrogens (primary N) is 2. The maximum atomic E-state index is 6.04. The van der Waals surface area contributed by atoms with Gasteiger partial charge in [0.15, 0.2) is 0 Å². The van der Waals surface area contributed by atoms with Crippen LogP contribution in [-0.4, -0.2) is 14.5 Å². The molecule has 1 fully saturated rings. The molecule has 0 bridgehead atoms. The van der Waals surface area contributed by atoms with Gasteiger partial charge in [0.1, 0.15) is 17.8 Å². The number of aromatic nitrogens is 3. The molecule has 2 heterocycles. The third-order valence-corrected chi connectivity index (χ3v) is 4.14. The van der Waals surface area contributed by atoms with Crippen molar-refractivity contribution in [1.82, 2.24) is 14.5 Å². The van der Waals surface area contributed by atoms with Gasteiger partial charge < -0.3 is 16.0 Å². The van der Waals surface area contributed by atoms with Gasteiger partial charge in [0, 0.05) is 23.9 Å². The first kappa shape index (κ1) is 12.0. The molecule has 0 aliphatic heterocycles. The van der Waals surface area contributed by atoms with Crippen LogP contribution in [0.1, 0.15) is 32.2 Å². The summed E-state index contributed by atoms with van der Waals surface area (Å²) in [5.41, 5.74) is 13.8. The Kier molecular flexibility index (Phi) is 2.89. The van der Waals surface area contributed by atoms with Gasteiger partial charge in [-0.15, -0.1) is 0 Å². The average molecular weight is 257 g/mol. The second-order valence-electron chi connectivity index (χ2n) is 5.17. The summed E-state index contributed by atoms with van der Waals surface area (Å²) in [5, 5.41) is 0.935. The monoisotopic (exact) mass is 257 g/mol. The fraction of sp³-hybridized carbons (Fsp3) is 0.429. The lowest BCUT2D eigenvalue weighted by atomic mass is 10.0. The molecule has 1 aliphatic rings. The van der Waals surface area contributed by atoms with Crippen LogP contribution >= 0.6 is 0 Å². The molecule has 0 radical (unpaired) electrons. The van der Waals surface area contributed by atoms with Gasteiger partial charge in [0.05, 0.1) is 5.39 Å². The Labute approximate surface area is 112 Å². The van der Waals surface area contributed by atoms with E-state index < -0.39 is 0 Å². The van der Waals surface area contributed by atoms with Gasteiger partial charge in [-0.3, -0.25) is 0 Å². The zero-order chi connectivity index (χ0) is 13.4. The van der Waals surface area contributed by atoms with E-state index in [4.69, 9.17) is 11.5 Å². The average Bonchev–Trinajstić information content (AvgIpc) is 3.04. The summed E-state index contributed by atoms with van der Waals surface area (Å²) in [6.07, 6.45) is 8.95. The number of nitrogen functional groups attached to an aromatic ring is 1. The molecule has 0 spiro atoms. The molecule has 4 N–H and O–H groups in total. The second kappa shape index (κ2) is 4.57. The number of rotatable bonds is 2. The van der Waals surface area contributed by atoms with E-state index in [0.717, 1.165) is 36.0 Å². The zero-order valence-electron chi connectivity index (χ0n) is 11.1. The van der Waals surface area contributed by atoms with Crippen LogP contribution in [0.15, 0.2) is 30.4 Å². The van der Waals surface area contributed by atoms with Crippen molar-refractivity contribution in [1.29, 1.82) is 0 Å². The summed E-state index contributed by atoms with van der Waals surface area (Å²) in [5.74, 6) is 1.04. The molecule has 2 unspecified atom stereocenters. The Hall–Kier alpha value is -2.04. The smallest absolute Gasteiger partial charge is 0.145 e. The van der Waals surface area contributed by atoms with Crippen molar-refractivity contribution in [3.8, 4) is 0 Å². The Bertz CT molecular complexity index is 628. The molecule has 100 valence electrons. The van der Waals surface area contributed by atoms with E-state index in [2.05, 4.69) is 20.7 Å². The number of hydrogen-bond donors (Lipinski definition) is 2. The van der Waals surface area contributed by atoms with E-state index in [-0.39, 0.29) is 0 Å². The summed E-state index contributed by atoms with van der Waals surface area (Å²) in [6.45, 7) is 2.00. The van der Waals surface area contributed by atoms with Crippen molar-refractivity contribution in [2.24, 2.45) is 11.7 Å². The van der Waals surface area contributed by atoms with E-state index in [1.165, 1.54) is 6.33 Å². The highest BCUT2D eigenvalue weighted by Gasteiger charge is 2.28. The molecule has 2 aromatic rings. The lowest BCUT2D eigenvalue weighted by Crippen LogP contribution is -2.10. The van der Waals surface area contributed by atoms with Gasteiger partial charge in [0.25, 0.3) is 0 Å². The molecule has 0 aromatic carbocycles. The summed E-state index contributed by atoms with van der Waals surface area (Å²) in [4.78, 5) is 8.39. The minimum atomic E-state index is 0.454. The molecule has 19 heavy (non-hydrogen) atoms. The molecule has 5 heteroatoms. The highest BCUT2D eigenvalue weighted by atomic mass is 15.1. The van der Waals surface area contributed by atoms with Crippen LogP contribution in [0.5, 0.6) is 0 Å². The topological polar surface area (TPSA) is 82.8 Å². The fourth-order valence-electron chi connectivity index (χ4n) is 3.03. The van der Waals surface area contributed by atoms with Crippen molar-refractivity contribution in [2.75, 3.05) is 5.73 Å². The van der Waals surface area contributed by atoms with Crippen molar-refractivity contribution < 1.29 is 0 Å². The van der Waals surface area contributed by atoms with Crippen LogP contribution in [-0.2, 0) is 0 Å². The van der Waals surface area contributed by atoms with E-state index in [1.807, 2.05) is 19.1 Å². The van der Waals surface area contributed by atoms with Crippen LogP contribution in [0.25, 0.3) is 11.0 Å². The standard InChI is InChI=1S/C14H19N5/c1-2-12(15)9-3-4-10(7-9)19-6-5-11-13(16)17-8-18-14(11)19/h2,5-6,8-10H,3-4,7,15H2,1H3,(H2,16,17,18)/b12-2-. The number of hydrogen-bond acceptors (Lipinski definition) is 4. The number of anilines is 1. The first-order chi connectivity index (χ1) is 9.20. The predicted octanol–water partition coefficient (Wildman–Crippen LogP) is 2.22. The van der Waals surface area contributed by atoms with Gasteiger partial charge >= 0.3 is 0 Å². The molecule has 0 amide bonds. The number of nitrogens with zero attached hydrogens (tertiary/aromatic N) is 3. The van der Waals surface area contributed by atoms with Gasteiger partial charge in [-0.05, 0) is 32.3 Å². The number of fused-ring (bicyclic) bond motifs is 1. The lowest BCUT2D eigenvalue weighted by molar-refractivity contribution is 0.510. The van der Waals surface area contributed by atoms with Crippen LogP contribution in [0.3, 0.4) is 0 Å². The molecule has 5 nitrogen and oxygen atoms in total. The summed E-state index contributed by atoms with van der Waals surface area (Å²) >= 11 is 0. The normalized spacial score (nSPS) is 24.2. The Morgan fingerprint density at radius 2 is 2.26 bits per heavy atom. The molecular weight excluding hydrogens is 238 g/mol. The largest absolute Gasteiger partial charge is 0.402 e. The van der Waals surface area contributed by atoms with Gasteiger partial charge in [-0.25, -0.2) is 9.97 Å². The maximum Gasteiger partial charge on any atom is 0.145 e. The third kappa shape index (κ3) is 1.95. The highest BCUT2D eigenvalue weighted by Crippen LogP contribution is 2.38.